The van der Waals surface area contributed by atoms with Crippen LogP contribution in [-0.4, -0.2) is 0 Å². The first-order chi connectivity index (χ1) is 7.61. The van der Waals surface area contributed by atoms with Gasteiger partial charge >= 0.3 is 0 Å². The summed E-state index contributed by atoms with van der Waals surface area (Å²) in [5, 5.41) is 3.95. The maximum atomic E-state index is 13.3. The van der Waals surface area contributed by atoms with Crippen LogP contribution in [0.1, 0.15) is 17.2 Å². The van der Waals surface area contributed by atoms with Gasteiger partial charge in [0.15, 0.2) is 0 Å². The van der Waals surface area contributed by atoms with E-state index in [2.05, 4.69) is 15.9 Å². The Labute approximate surface area is 110 Å². The summed E-state index contributed by atoms with van der Waals surface area (Å²) in [6.07, 6.45) is 0. The Morgan fingerprint density at radius 2 is 2.06 bits per heavy atom. The van der Waals surface area contributed by atoms with Gasteiger partial charge < -0.3 is 5.73 Å². The fourth-order valence-corrected chi connectivity index (χ4v) is 3.27. The molecule has 1 nitrogen and oxygen atoms in total. The normalized spacial score (nSPS) is 12.8. The highest BCUT2D eigenvalue weighted by atomic mass is 79.9. The zero-order valence-electron chi connectivity index (χ0n) is 8.08. The van der Waals surface area contributed by atoms with E-state index in [9.17, 15) is 4.39 Å². The van der Waals surface area contributed by atoms with Gasteiger partial charge in [-0.05, 0) is 38.5 Å². The molecule has 0 spiro atoms. The van der Waals surface area contributed by atoms with Crippen molar-refractivity contribution in [3.63, 3.8) is 0 Å². The van der Waals surface area contributed by atoms with Crippen molar-refractivity contribution in [2.24, 2.45) is 5.73 Å². The molecule has 1 heterocycles. The summed E-state index contributed by atoms with van der Waals surface area (Å²) >= 11 is 10.8. The predicted molar refractivity (Wildman–Crippen MR) is 69.5 cm³/mol. The first kappa shape index (κ1) is 12.0. The van der Waals surface area contributed by atoms with E-state index in [4.69, 9.17) is 17.3 Å². The molecule has 0 aliphatic rings. The quantitative estimate of drug-likeness (QED) is 0.874. The van der Waals surface area contributed by atoms with Gasteiger partial charge in [0.05, 0.1) is 11.1 Å². The Morgan fingerprint density at radius 3 is 2.69 bits per heavy atom. The molecule has 84 valence electrons. The zero-order valence-corrected chi connectivity index (χ0v) is 11.2. The van der Waals surface area contributed by atoms with Crippen LogP contribution in [0, 0.1) is 5.82 Å². The molecule has 0 saturated carbocycles. The molecule has 0 amide bonds. The summed E-state index contributed by atoms with van der Waals surface area (Å²) < 4.78 is 14.2. The van der Waals surface area contributed by atoms with Crippen LogP contribution in [0.15, 0.2) is 33.4 Å². The highest BCUT2D eigenvalue weighted by molar-refractivity contribution is 9.10. The van der Waals surface area contributed by atoms with Gasteiger partial charge in [-0.3, -0.25) is 0 Å². The van der Waals surface area contributed by atoms with E-state index < -0.39 is 11.9 Å². The Balaban J connectivity index is 2.46. The summed E-state index contributed by atoms with van der Waals surface area (Å²) in [4.78, 5) is 0. The summed E-state index contributed by atoms with van der Waals surface area (Å²) in [5.41, 5.74) is 7.57. The summed E-state index contributed by atoms with van der Waals surface area (Å²) in [5.74, 6) is -0.444. The molecule has 1 aromatic heterocycles. The molecule has 2 rings (SSSR count). The lowest BCUT2D eigenvalue weighted by Gasteiger charge is -2.13. The summed E-state index contributed by atoms with van der Waals surface area (Å²) in [6, 6.07) is 4.25. The van der Waals surface area contributed by atoms with Crippen molar-refractivity contribution >= 4 is 38.9 Å². The first-order valence-corrected chi connectivity index (χ1v) is 6.63. The van der Waals surface area contributed by atoms with E-state index >= 15 is 0 Å². The number of nitrogens with two attached hydrogens (primary N) is 1. The van der Waals surface area contributed by atoms with Crippen molar-refractivity contribution in [3.8, 4) is 0 Å². The lowest BCUT2D eigenvalue weighted by molar-refractivity contribution is 0.624. The highest BCUT2D eigenvalue weighted by Crippen LogP contribution is 2.33. The minimum absolute atomic E-state index is 0.0908. The van der Waals surface area contributed by atoms with Crippen LogP contribution < -0.4 is 5.73 Å². The standard InChI is InChI=1S/C11H8BrClFNS/c12-8-5-16-4-7(8)11(15)6-2-1-3-9(14)10(6)13/h1-5,11H,15H2. The van der Waals surface area contributed by atoms with Crippen LogP contribution in [0.2, 0.25) is 5.02 Å². The molecule has 1 atom stereocenters. The van der Waals surface area contributed by atoms with Gasteiger partial charge in [0.25, 0.3) is 0 Å². The second-order valence-corrected chi connectivity index (χ2v) is 5.27. The van der Waals surface area contributed by atoms with Crippen molar-refractivity contribution in [1.82, 2.24) is 0 Å². The van der Waals surface area contributed by atoms with Crippen LogP contribution in [0.5, 0.6) is 0 Å². The molecular formula is C11H8BrClFNS. The molecule has 2 aromatic rings. The lowest BCUT2D eigenvalue weighted by atomic mass is 10.0. The second kappa shape index (κ2) is 4.84. The third-order valence-corrected chi connectivity index (χ3v) is 4.44. The molecule has 0 aliphatic heterocycles. The van der Waals surface area contributed by atoms with Crippen LogP contribution in [-0.2, 0) is 0 Å². The summed E-state index contributed by atoms with van der Waals surface area (Å²) in [7, 11) is 0. The Morgan fingerprint density at radius 1 is 1.31 bits per heavy atom. The topological polar surface area (TPSA) is 26.0 Å². The number of hydrogen-bond donors (Lipinski definition) is 1. The number of halogens is 3. The minimum Gasteiger partial charge on any atom is -0.320 e. The zero-order chi connectivity index (χ0) is 11.7. The average Bonchev–Trinajstić information content (AvgIpc) is 2.68. The number of hydrogen-bond acceptors (Lipinski definition) is 2. The molecule has 5 heteroatoms. The minimum atomic E-state index is -0.444. The maximum absolute atomic E-state index is 13.3. The van der Waals surface area contributed by atoms with Crippen molar-refractivity contribution in [2.75, 3.05) is 0 Å². The van der Waals surface area contributed by atoms with Crippen molar-refractivity contribution in [3.05, 3.63) is 55.4 Å². The van der Waals surface area contributed by atoms with Gasteiger partial charge in [-0.15, -0.1) is 0 Å². The van der Waals surface area contributed by atoms with E-state index in [1.54, 1.807) is 12.1 Å². The van der Waals surface area contributed by atoms with Crippen LogP contribution in [0.4, 0.5) is 4.39 Å². The molecule has 16 heavy (non-hydrogen) atoms. The third-order valence-electron chi connectivity index (χ3n) is 2.29. The van der Waals surface area contributed by atoms with Gasteiger partial charge in [-0.25, -0.2) is 4.39 Å². The van der Waals surface area contributed by atoms with Gasteiger partial charge in [0, 0.05) is 9.85 Å². The van der Waals surface area contributed by atoms with Crippen molar-refractivity contribution < 1.29 is 4.39 Å². The average molecular weight is 321 g/mol. The van der Waals surface area contributed by atoms with E-state index in [1.165, 1.54) is 17.4 Å². The second-order valence-electron chi connectivity index (χ2n) is 3.30. The number of benzene rings is 1. The third kappa shape index (κ3) is 2.15. The van der Waals surface area contributed by atoms with Crippen molar-refractivity contribution in [2.45, 2.75) is 6.04 Å². The van der Waals surface area contributed by atoms with Crippen LogP contribution in [0.25, 0.3) is 0 Å². The first-order valence-electron chi connectivity index (χ1n) is 4.52. The molecule has 0 fully saturated rings. The molecule has 0 saturated heterocycles. The van der Waals surface area contributed by atoms with Gasteiger partial charge in [-0.1, -0.05) is 23.7 Å². The largest absolute Gasteiger partial charge is 0.320 e. The van der Waals surface area contributed by atoms with Gasteiger partial charge in [0.2, 0.25) is 0 Å². The fourth-order valence-electron chi connectivity index (χ4n) is 1.44. The SMILES string of the molecule is NC(c1cscc1Br)c1cccc(F)c1Cl. The molecule has 2 N–H and O–H groups in total. The van der Waals surface area contributed by atoms with E-state index in [0.29, 0.717) is 5.56 Å². The van der Waals surface area contributed by atoms with Gasteiger partial charge in [-0.2, -0.15) is 11.3 Å². The van der Waals surface area contributed by atoms with Crippen molar-refractivity contribution in [1.29, 1.82) is 0 Å². The maximum Gasteiger partial charge on any atom is 0.142 e. The van der Waals surface area contributed by atoms with Crippen LogP contribution >= 0.6 is 38.9 Å². The summed E-state index contributed by atoms with van der Waals surface area (Å²) in [6.45, 7) is 0. The fraction of sp³-hybridized carbons (Fsp3) is 0.0909. The Hall–Kier alpha value is -0.420. The molecule has 0 aliphatic carbocycles. The number of thiophene rings is 1. The predicted octanol–water partition coefficient (Wildman–Crippen LogP) is 4.35. The number of rotatable bonds is 2. The van der Waals surface area contributed by atoms with Gasteiger partial charge in [0.1, 0.15) is 5.82 Å². The van der Waals surface area contributed by atoms with E-state index in [1.807, 2.05) is 10.8 Å². The molecular weight excluding hydrogens is 313 g/mol. The Bertz CT molecular complexity index is 514. The smallest absolute Gasteiger partial charge is 0.142 e. The van der Waals surface area contributed by atoms with E-state index in [-0.39, 0.29) is 5.02 Å². The van der Waals surface area contributed by atoms with E-state index in [0.717, 1.165) is 10.0 Å². The molecule has 0 radical (unpaired) electrons. The monoisotopic (exact) mass is 319 g/mol. The molecule has 1 aromatic carbocycles. The molecule has 0 bridgehead atoms. The van der Waals surface area contributed by atoms with Crippen LogP contribution in [0.3, 0.4) is 0 Å². The molecule has 1 unspecified atom stereocenters. The highest BCUT2D eigenvalue weighted by Gasteiger charge is 2.17. The lowest BCUT2D eigenvalue weighted by Crippen LogP contribution is -2.12. The Kier molecular flexibility index (Phi) is 3.64.